The van der Waals surface area contributed by atoms with Crippen molar-refractivity contribution in [1.29, 1.82) is 0 Å². The van der Waals surface area contributed by atoms with E-state index in [0.717, 1.165) is 26.9 Å². The Morgan fingerprint density at radius 2 is 1.71 bits per heavy atom. The highest BCUT2D eigenvalue weighted by Gasteiger charge is 2.41. The van der Waals surface area contributed by atoms with Crippen LogP contribution < -0.4 is 16.4 Å². The minimum absolute atomic E-state index is 0.213. The number of benzene rings is 2. The number of nitrogens with zero attached hydrogens (tertiary/aromatic N) is 1. The molecule has 2 aromatic heterocycles. The summed E-state index contributed by atoms with van der Waals surface area (Å²) < 4.78 is 0. The third-order valence-electron chi connectivity index (χ3n) is 6.35. The molecule has 178 valence electrons. The van der Waals surface area contributed by atoms with Crippen LogP contribution in [0.5, 0.6) is 0 Å². The fourth-order valence-corrected chi connectivity index (χ4v) is 6.44. The van der Waals surface area contributed by atoms with Crippen molar-refractivity contribution >= 4 is 39.1 Å². The second kappa shape index (κ2) is 8.29. The van der Waals surface area contributed by atoms with Gasteiger partial charge in [-0.3, -0.25) is 9.59 Å². The van der Waals surface area contributed by atoms with Gasteiger partial charge in [-0.15, -0.1) is 11.3 Å². The number of rotatable bonds is 4. The van der Waals surface area contributed by atoms with Gasteiger partial charge in [-0.05, 0) is 51.8 Å². The number of carbonyl (C=O) groups excluding carboxylic acids is 2. The molecule has 1 aliphatic rings. The SMILES string of the molecule is CC1(C)Cc2c(sc(NC(=O)c3cc(-c4ccccc4)nc4ccccc34)c2C(N)=O)C(C)(C)N1. The highest BCUT2D eigenvalue weighted by Crippen LogP contribution is 2.45. The zero-order chi connectivity index (χ0) is 25.0. The molecule has 0 fully saturated rings. The average Bonchev–Trinajstić information content (AvgIpc) is 3.16. The zero-order valence-electron chi connectivity index (χ0n) is 20.2. The number of fused-ring (bicyclic) bond motifs is 2. The summed E-state index contributed by atoms with van der Waals surface area (Å²) >= 11 is 1.42. The van der Waals surface area contributed by atoms with Crippen LogP contribution in [0.1, 0.15) is 58.9 Å². The van der Waals surface area contributed by atoms with Gasteiger partial charge in [-0.2, -0.15) is 0 Å². The lowest BCUT2D eigenvalue weighted by Gasteiger charge is -2.42. The zero-order valence-corrected chi connectivity index (χ0v) is 21.0. The molecule has 6 nitrogen and oxygen atoms in total. The lowest BCUT2D eigenvalue weighted by atomic mass is 9.81. The number of carbonyl (C=O) groups is 2. The first-order valence-corrected chi connectivity index (χ1v) is 12.4. The highest BCUT2D eigenvalue weighted by atomic mass is 32.1. The maximum absolute atomic E-state index is 13.7. The molecule has 35 heavy (non-hydrogen) atoms. The van der Waals surface area contributed by atoms with Crippen LogP contribution in [0, 0.1) is 0 Å². The first kappa shape index (κ1) is 23.2. The molecule has 2 aromatic carbocycles. The highest BCUT2D eigenvalue weighted by molar-refractivity contribution is 7.17. The average molecular weight is 485 g/mol. The van der Waals surface area contributed by atoms with Crippen molar-refractivity contribution in [1.82, 2.24) is 10.3 Å². The Labute approximate surface area is 208 Å². The summed E-state index contributed by atoms with van der Waals surface area (Å²) in [6, 6.07) is 19.1. The van der Waals surface area contributed by atoms with E-state index in [1.54, 1.807) is 6.07 Å². The second-order valence-corrected chi connectivity index (χ2v) is 11.2. The van der Waals surface area contributed by atoms with E-state index in [1.807, 2.05) is 54.6 Å². The summed E-state index contributed by atoms with van der Waals surface area (Å²) in [6.45, 7) is 8.38. The number of nitrogens with two attached hydrogens (primary N) is 1. The number of primary amides is 1. The van der Waals surface area contributed by atoms with Gasteiger partial charge in [0.25, 0.3) is 11.8 Å². The Balaban J connectivity index is 1.61. The standard InChI is InChI=1S/C28H28N4O2S/c1-27(2)15-19-22(24(29)33)26(35-23(19)28(3,4)32-27)31-25(34)18-14-21(16-10-6-5-7-11-16)30-20-13-9-8-12-17(18)20/h5-14,32H,15H2,1-4H3,(H2,29,33)(H,31,34). The quantitative estimate of drug-likeness (QED) is 0.358. The summed E-state index contributed by atoms with van der Waals surface area (Å²) in [5.41, 5.74) is 9.45. The van der Waals surface area contributed by atoms with Crippen molar-refractivity contribution in [2.24, 2.45) is 5.73 Å². The lowest BCUT2D eigenvalue weighted by Crippen LogP contribution is -2.55. The summed E-state index contributed by atoms with van der Waals surface area (Å²) in [5.74, 6) is -0.831. The largest absolute Gasteiger partial charge is 0.365 e. The van der Waals surface area contributed by atoms with Crippen LogP contribution in [-0.4, -0.2) is 22.3 Å². The van der Waals surface area contributed by atoms with Crippen molar-refractivity contribution in [3.63, 3.8) is 0 Å². The van der Waals surface area contributed by atoms with Crippen LogP contribution in [0.2, 0.25) is 0 Å². The van der Waals surface area contributed by atoms with Gasteiger partial charge in [0.15, 0.2) is 0 Å². The van der Waals surface area contributed by atoms with E-state index in [-0.39, 0.29) is 17.0 Å². The number of aromatic nitrogens is 1. The number of amides is 2. The van der Waals surface area contributed by atoms with Crippen LogP contribution in [0.4, 0.5) is 5.00 Å². The Kier molecular flexibility index (Phi) is 5.49. The van der Waals surface area contributed by atoms with Gasteiger partial charge >= 0.3 is 0 Å². The Hall–Kier alpha value is -3.55. The lowest BCUT2D eigenvalue weighted by molar-refractivity contribution is 0.0999. The molecule has 1 aliphatic heterocycles. The Bertz CT molecular complexity index is 1470. The van der Waals surface area contributed by atoms with Gasteiger partial charge in [0.1, 0.15) is 5.00 Å². The molecule has 4 N–H and O–H groups in total. The van der Waals surface area contributed by atoms with Gasteiger partial charge in [-0.1, -0.05) is 48.5 Å². The van der Waals surface area contributed by atoms with E-state index in [0.29, 0.717) is 28.2 Å². The summed E-state index contributed by atoms with van der Waals surface area (Å²) in [5, 5.41) is 7.90. The van der Waals surface area contributed by atoms with Crippen molar-refractivity contribution in [2.75, 3.05) is 5.32 Å². The number of thiophene rings is 1. The van der Waals surface area contributed by atoms with Gasteiger partial charge in [0.2, 0.25) is 0 Å². The molecule has 0 unspecified atom stereocenters. The fraction of sp³-hybridized carbons (Fsp3) is 0.250. The molecule has 4 aromatic rings. The number of nitrogens with one attached hydrogen (secondary N) is 2. The number of para-hydroxylation sites is 1. The van der Waals surface area contributed by atoms with Gasteiger partial charge in [0.05, 0.1) is 22.3 Å². The minimum atomic E-state index is -0.532. The van der Waals surface area contributed by atoms with Crippen LogP contribution in [-0.2, 0) is 12.0 Å². The molecule has 0 saturated heterocycles. The molecule has 0 radical (unpaired) electrons. The van der Waals surface area contributed by atoms with Crippen molar-refractivity contribution in [3.05, 3.63) is 82.2 Å². The van der Waals surface area contributed by atoms with E-state index in [4.69, 9.17) is 10.7 Å². The van der Waals surface area contributed by atoms with E-state index < -0.39 is 5.91 Å². The van der Waals surface area contributed by atoms with Gasteiger partial charge < -0.3 is 16.4 Å². The fourth-order valence-electron chi connectivity index (χ4n) is 5.17. The normalized spacial score (nSPS) is 16.0. The molecule has 0 spiro atoms. The second-order valence-electron chi connectivity index (χ2n) is 10.2. The molecule has 0 bridgehead atoms. The smallest absolute Gasteiger partial charge is 0.257 e. The van der Waals surface area contributed by atoms with Gasteiger partial charge in [-0.25, -0.2) is 4.98 Å². The van der Waals surface area contributed by atoms with E-state index >= 15 is 0 Å². The molecule has 2 amide bonds. The van der Waals surface area contributed by atoms with E-state index in [1.165, 1.54) is 11.3 Å². The topological polar surface area (TPSA) is 97.1 Å². The third-order valence-corrected chi connectivity index (χ3v) is 7.82. The number of anilines is 1. The first-order chi connectivity index (χ1) is 16.6. The van der Waals surface area contributed by atoms with E-state index in [2.05, 4.69) is 38.3 Å². The van der Waals surface area contributed by atoms with Crippen LogP contribution in [0.15, 0.2) is 60.7 Å². The van der Waals surface area contributed by atoms with Crippen LogP contribution >= 0.6 is 11.3 Å². The van der Waals surface area contributed by atoms with Crippen molar-refractivity contribution < 1.29 is 9.59 Å². The molecule has 0 aliphatic carbocycles. The monoisotopic (exact) mass is 484 g/mol. The van der Waals surface area contributed by atoms with E-state index in [9.17, 15) is 9.59 Å². The van der Waals surface area contributed by atoms with Crippen LogP contribution in [0.3, 0.4) is 0 Å². The maximum atomic E-state index is 13.7. The number of hydrogen-bond acceptors (Lipinski definition) is 5. The Morgan fingerprint density at radius 1 is 1.03 bits per heavy atom. The van der Waals surface area contributed by atoms with Crippen molar-refractivity contribution in [2.45, 2.75) is 45.2 Å². The first-order valence-electron chi connectivity index (χ1n) is 11.6. The Morgan fingerprint density at radius 3 is 2.43 bits per heavy atom. The van der Waals surface area contributed by atoms with Crippen molar-refractivity contribution in [3.8, 4) is 11.3 Å². The number of pyridine rings is 1. The molecular formula is C28H28N4O2S. The van der Waals surface area contributed by atoms with Gasteiger partial charge in [0, 0.05) is 26.9 Å². The molecule has 5 rings (SSSR count). The molecular weight excluding hydrogens is 456 g/mol. The molecule has 0 atom stereocenters. The molecule has 3 heterocycles. The summed E-state index contributed by atoms with van der Waals surface area (Å²) in [7, 11) is 0. The van der Waals surface area contributed by atoms with Crippen LogP contribution in [0.25, 0.3) is 22.2 Å². The predicted octanol–water partition coefficient (Wildman–Crippen LogP) is 5.47. The maximum Gasteiger partial charge on any atom is 0.257 e. The minimum Gasteiger partial charge on any atom is -0.365 e. The number of hydrogen-bond donors (Lipinski definition) is 3. The summed E-state index contributed by atoms with van der Waals surface area (Å²) in [4.78, 5) is 32.1. The molecule has 0 saturated carbocycles. The third kappa shape index (κ3) is 4.22. The molecule has 7 heteroatoms. The summed E-state index contributed by atoms with van der Waals surface area (Å²) in [6.07, 6.45) is 0.646. The predicted molar refractivity (Wildman–Crippen MR) is 142 cm³/mol.